The van der Waals surface area contributed by atoms with Crippen LogP contribution in [0.1, 0.15) is 15.9 Å². The molecule has 0 unspecified atom stereocenters. The summed E-state index contributed by atoms with van der Waals surface area (Å²) in [6, 6.07) is 8.20. The lowest BCUT2D eigenvalue weighted by molar-refractivity contribution is 0.103. The van der Waals surface area contributed by atoms with E-state index >= 15 is 0 Å². The van der Waals surface area contributed by atoms with E-state index in [-0.39, 0.29) is 5.56 Å². The van der Waals surface area contributed by atoms with Crippen LogP contribution in [0.2, 0.25) is 0 Å². The molecule has 5 heteroatoms. The summed E-state index contributed by atoms with van der Waals surface area (Å²) >= 11 is 1.92. The van der Waals surface area contributed by atoms with Gasteiger partial charge in [-0.2, -0.15) is 0 Å². The van der Waals surface area contributed by atoms with Gasteiger partial charge < -0.3 is 0 Å². The van der Waals surface area contributed by atoms with Crippen molar-refractivity contribution >= 4 is 28.4 Å². The first-order chi connectivity index (χ1) is 8.52. The predicted molar refractivity (Wildman–Crippen MR) is 68.9 cm³/mol. The number of hydrogen-bond acceptors (Lipinski definition) is 1. The molecule has 2 aromatic rings. The quantitative estimate of drug-likeness (QED) is 0.450. The van der Waals surface area contributed by atoms with Gasteiger partial charge in [0.2, 0.25) is 0 Å². The van der Waals surface area contributed by atoms with Gasteiger partial charge in [0, 0.05) is 9.13 Å². The molecule has 0 spiro atoms. The van der Waals surface area contributed by atoms with Crippen LogP contribution in [-0.2, 0) is 0 Å². The molecule has 2 rings (SSSR count). The fraction of sp³-hybridized carbons (Fsp3) is 0. The average molecular weight is 362 g/mol. The molecule has 0 saturated heterocycles. The second kappa shape index (κ2) is 5.09. The van der Waals surface area contributed by atoms with E-state index in [9.17, 15) is 18.0 Å². The average Bonchev–Trinajstić information content (AvgIpc) is 2.36. The molecule has 0 amide bonds. The van der Waals surface area contributed by atoms with Crippen molar-refractivity contribution in [1.29, 1.82) is 0 Å². The third kappa shape index (κ3) is 2.27. The summed E-state index contributed by atoms with van der Waals surface area (Å²) in [6.07, 6.45) is 0. The maximum atomic E-state index is 13.5. The van der Waals surface area contributed by atoms with Gasteiger partial charge in [-0.05, 0) is 46.9 Å². The Balaban J connectivity index is 2.54. The molecule has 18 heavy (non-hydrogen) atoms. The van der Waals surface area contributed by atoms with Gasteiger partial charge in [0.1, 0.15) is 0 Å². The summed E-state index contributed by atoms with van der Waals surface area (Å²) in [5, 5.41) is 0. The molecule has 0 aliphatic heterocycles. The van der Waals surface area contributed by atoms with Crippen molar-refractivity contribution in [3.63, 3.8) is 0 Å². The Morgan fingerprint density at radius 3 is 2.22 bits per heavy atom. The van der Waals surface area contributed by atoms with Crippen LogP contribution < -0.4 is 0 Å². The fourth-order valence-corrected chi connectivity index (χ4v) is 2.12. The highest BCUT2D eigenvalue weighted by Crippen LogP contribution is 2.21. The third-order valence-electron chi connectivity index (χ3n) is 2.40. The number of rotatable bonds is 2. The minimum Gasteiger partial charge on any atom is -0.288 e. The summed E-state index contributed by atoms with van der Waals surface area (Å²) in [7, 11) is 0. The summed E-state index contributed by atoms with van der Waals surface area (Å²) in [5.41, 5.74) is -0.221. The topological polar surface area (TPSA) is 17.1 Å². The Morgan fingerprint density at radius 1 is 0.889 bits per heavy atom. The van der Waals surface area contributed by atoms with E-state index in [0.717, 1.165) is 12.1 Å². The molecule has 0 fully saturated rings. The monoisotopic (exact) mass is 362 g/mol. The van der Waals surface area contributed by atoms with E-state index in [2.05, 4.69) is 0 Å². The zero-order chi connectivity index (χ0) is 13.3. The van der Waals surface area contributed by atoms with Crippen LogP contribution in [-0.4, -0.2) is 5.78 Å². The van der Waals surface area contributed by atoms with E-state index in [4.69, 9.17) is 0 Å². The Hall–Kier alpha value is -1.37. The van der Waals surface area contributed by atoms with Gasteiger partial charge in [0.15, 0.2) is 23.2 Å². The Morgan fingerprint density at radius 2 is 1.56 bits per heavy atom. The first-order valence-corrected chi connectivity index (χ1v) is 6.03. The minimum absolute atomic E-state index is 0.253. The van der Waals surface area contributed by atoms with E-state index in [0.29, 0.717) is 3.57 Å². The van der Waals surface area contributed by atoms with Crippen molar-refractivity contribution in [3.8, 4) is 0 Å². The Bertz CT molecular complexity index is 626. The Kier molecular flexibility index (Phi) is 3.70. The smallest absolute Gasteiger partial charge is 0.197 e. The van der Waals surface area contributed by atoms with E-state index in [1.165, 1.54) is 6.07 Å². The molecular weight excluding hydrogens is 356 g/mol. The maximum absolute atomic E-state index is 13.5. The third-order valence-corrected chi connectivity index (χ3v) is 3.34. The fourth-order valence-electron chi connectivity index (χ4n) is 1.49. The van der Waals surface area contributed by atoms with Gasteiger partial charge in [0.05, 0.1) is 5.56 Å². The van der Waals surface area contributed by atoms with Crippen molar-refractivity contribution in [3.05, 3.63) is 68.5 Å². The maximum Gasteiger partial charge on any atom is 0.197 e. The van der Waals surface area contributed by atoms with Gasteiger partial charge in [-0.25, -0.2) is 13.2 Å². The summed E-state index contributed by atoms with van der Waals surface area (Å²) in [5.74, 6) is -5.07. The molecule has 0 radical (unpaired) electrons. The number of carbonyl (C=O) groups excluding carboxylic acids is 1. The van der Waals surface area contributed by atoms with Crippen LogP contribution in [0.15, 0.2) is 36.4 Å². The number of hydrogen-bond donors (Lipinski definition) is 0. The van der Waals surface area contributed by atoms with Gasteiger partial charge >= 0.3 is 0 Å². The number of ketones is 1. The summed E-state index contributed by atoms with van der Waals surface area (Å²) in [4.78, 5) is 12.0. The van der Waals surface area contributed by atoms with Crippen molar-refractivity contribution in [1.82, 2.24) is 0 Å². The van der Waals surface area contributed by atoms with Crippen LogP contribution in [0, 0.1) is 21.0 Å². The van der Waals surface area contributed by atoms with E-state index < -0.39 is 28.8 Å². The lowest BCUT2D eigenvalue weighted by atomic mass is 10.0. The second-order valence-corrected chi connectivity index (χ2v) is 4.69. The minimum atomic E-state index is -1.63. The molecule has 0 saturated carbocycles. The molecule has 2 aromatic carbocycles. The predicted octanol–water partition coefficient (Wildman–Crippen LogP) is 3.94. The van der Waals surface area contributed by atoms with Crippen molar-refractivity contribution in [2.24, 2.45) is 0 Å². The number of halogens is 4. The van der Waals surface area contributed by atoms with Crippen molar-refractivity contribution in [2.75, 3.05) is 0 Å². The highest BCUT2D eigenvalue weighted by Gasteiger charge is 2.20. The van der Waals surface area contributed by atoms with Gasteiger partial charge in [-0.3, -0.25) is 4.79 Å². The standard InChI is InChI=1S/C13H6F3IO/c14-9-6-5-8(11(15)12(9)16)13(18)7-3-1-2-4-10(7)17/h1-6H. The molecule has 92 valence electrons. The zero-order valence-electron chi connectivity index (χ0n) is 8.88. The SMILES string of the molecule is O=C(c1ccccc1I)c1ccc(F)c(F)c1F. The number of carbonyl (C=O) groups is 1. The van der Waals surface area contributed by atoms with Crippen LogP contribution >= 0.6 is 22.6 Å². The molecule has 0 aliphatic rings. The first-order valence-electron chi connectivity index (χ1n) is 4.95. The van der Waals surface area contributed by atoms with Gasteiger partial charge in [-0.1, -0.05) is 12.1 Å². The second-order valence-electron chi connectivity index (χ2n) is 3.53. The lowest BCUT2D eigenvalue weighted by Crippen LogP contribution is -2.08. The molecule has 1 nitrogen and oxygen atoms in total. The van der Waals surface area contributed by atoms with E-state index in [1.807, 2.05) is 22.6 Å². The highest BCUT2D eigenvalue weighted by molar-refractivity contribution is 14.1. The van der Waals surface area contributed by atoms with Crippen LogP contribution in [0.5, 0.6) is 0 Å². The molecular formula is C13H6F3IO. The van der Waals surface area contributed by atoms with Crippen LogP contribution in [0.25, 0.3) is 0 Å². The lowest BCUT2D eigenvalue weighted by Gasteiger charge is -2.05. The molecule has 0 N–H and O–H groups in total. The van der Waals surface area contributed by atoms with Crippen LogP contribution in [0.3, 0.4) is 0 Å². The molecule has 0 aliphatic carbocycles. The highest BCUT2D eigenvalue weighted by atomic mass is 127. The molecule has 0 heterocycles. The van der Waals surface area contributed by atoms with Gasteiger partial charge in [0.25, 0.3) is 0 Å². The zero-order valence-corrected chi connectivity index (χ0v) is 11.0. The summed E-state index contributed by atoms with van der Waals surface area (Å²) < 4.78 is 39.9. The van der Waals surface area contributed by atoms with Gasteiger partial charge in [-0.15, -0.1) is 0 Å². The normalized spacial score (nSPS) is 10.4. The first kappa shape index (κ1) is 13.1. The molecule has 0 aromatic heterocycles. The Labute approximate surface area is 115 Å². The van der Waals surface area contributed by atoms with Crippen LogP contribution in [0.4, 0.5) is 13.2 Å². The van der Waals surface area contributed by atoms with Crippen molar-refractivity contribution < 1.29 is 18.0 Å². The largest absolute Gasteiger partial charge is 0.288 e. The number of benzene rings is 2. The summed E-state index contributed by atoms with van der Waals surface area (Å²) in [6.45, 7) is 0. The molecule has 0 atom stereocenters. The van der Waals surface area contributed by atoms with Crippen molar-refractivity contribution in [2.45, 2.75) is 0 Å². The molecule has 0 bridgehead atoms. The van der Waals surface area contributed by atoms with E-state index in [1.54, 1.807) is 18.2 Å².